The van der Waals surface area contributed by atoms with E-state index >= 15 is 0 Å². The van der Waals surface area contributed by atoms with Crippen molar-refractivity contribution in [3.05, 3.63) is 35.2 Å². The van der Waals surface area contributed by atoms with E-state index < -0.39 is 0 Å². The summed E-state index contributed by atoms with van der Waals surface area (Å²) in [6, 6.07) is 1.60. The predicted molar refractivity (Wildman–Crippen MR) is 63.1 cm³/mol. The Balaban J connectivity index is 2.18. The van der Waals surface area contributed by atoms with E-state index in [9.17, 15) is 0 Å². The minimum atomic E-state index is -0.147. The van der Waals surface area contributed by atoms with Gasteiger partial charge in [0.05, 0.1) is 24.0 Å². The average Bonchev–Trinajstić information content (AvgIpc) is 2.79. The van der Waals surface area contributed by atoms with Gasteiger partial charge in [-0.05, 0) is 6.92 Å². The smallest absolute Gasteiger partial charge is 0.219 e. The quantitative estimate of drug-likeness (QED) is 0.908. The number of hydrogen-bond acceptors (Lipinski definition) is 4. The third-order valence-corrected chi connectivity index (χ3v) is 2.58. The number of aliphatic hydroxyl groups excluding tert-OH is 1. The zero-order chi connectivity index (χ0) is 12.3. The fraction of sp³-hybridized carbons (Fsp3) is 0.273. The van der Waals surface area contributed by atoms with Gasteiger partial charge in [-0.2, -0.15) is 5.10 Å². The summed E-state index contributed by atoms with van der Waals surface area (Å²) in [5.41, 5.74) is 0.583. The van der Waals surface area contributed by atoms with Crippen LogP contribution in [-0.2, 0) is 13.2 Å². The number of hydrogen-bond donors (Lipinski definition) is 1. The number of ether oxygens (including phenoxy) is 1. The van der Waals surface area contributed by atoms with E-state index in [1.165, 1.54) is 6.20 Å². The van der Waals surface area contributed by atoms with Crippen LogP contribution in [0.25, 0.3) is 0 Å². The Morgan fingerprint density at radius 3 is 2.94 bits per heavy atom. The first-order valence-corrected chi connectivity index (χ1v) is 5.56. The Bertz CT molecular complexity index is 513. The highest BCUT2D eigenvalue weighted by Gasteiger charge is 2.05. The minimum absolute atomic E-state index is 0.147. The van der Waals surface area contributed by atoms with Crippen molar-refractivity contribution in [3.8, 4) is 11.6 Å². The molecule has 0 unspecified atom stereocenters. The molecule has 2 aromatic heterocycles. The fourth-order valence-electron chi connectivity index (χ4n) is 1.33. The molecule has 0 saturated heterocycles. The summed E-state index contributed by atoms with van der Waals surface area (Å²) in [6.45, 7) is 2.62. The second kappa shape index (κ2) is 5.16. The monoisotopic (exact) mass is 253 g/mol. The van der Waals surface area contributed by atoms with Gasteiger partial charge >= 0.3 is 0 Å². The number of aliphatic hydroxyl groups is 1. The Labute approximate surface area is 104 Å². The number of nitrogens with zero attached hydrogens (tertiary/aromatic N) is 3. The van der Waals surface area contributed by atoms with E-state index in [0.717, 1.165) is 6.54 Å². The number of aryl methyl sites for hydroxylation is 1. The first-order valence-electron chi connectivity index (χ1n) is 5.18. The molecule has 0 saturated carbocycles. The summed E-state index contributed by atoms with van der Waals surface area (Å²) in [6.07, 6.45) is 4.83. The third kappa shape index (κ3) is 2.75. The highest BCUT2D eigenvalue weighted by atomic mass is 35.5. The van der Waals surface area contributed by atoms with Crippen molar-refractivity contribution in [1.29, 1.82) is 0 Å². The van der Waals surface area contributed by atoms with Gasteiger partial charge in [0.2, 0.25) is 5.88 Å². The van der Waals surface area contributed by atoms with Gasteiger partial charge in [-0.1, -0.05) is 11.6 Å². The average molecular weight is 254 g/mol. The molecule has 0 aliphatic rings. The van der Waals surface area contributed by atoms with Crippen LogP contribution in [0.4, 0.5) is 0 Å². The Morgan fingerprint density at radius 2 is 2.29 bits per heavy atom. The summed E-state index contributed by atoms with van der Waals surface area (Å²) >= 11 is 5.83. The van der Waals surface area contributed by atoms with Gasteiger partial charge in [-0.3, -0.25) is 4.68 Å². The van der Waals surface area contributed by atoms with Crippen LogP contribution in [0.5, 0.6) is 11.6 Å². The molecule has 5 nitrogen and oxygen atoms in total. The van der Waals surface area contributed by atoms with Crippen molar-refractivity contribution in [3.63, 3.8) is 0 Å². The summed E-state index contributed by atoms with van der Waals surface area (Å²) in [4.78, 5) is 4.01. The number of pyridine rings is 1. The number of aromatic nitrogens is 3. The van der Waals surface area contributed by atoms with Crippen molar-refractivity contribution in [2.24, 2.45) is 0 Å². The largest absolute Gasteiger partial charge is 0.436 e. The topological polar surface area (TPSA) is 60.2 Å². The van der Waals surface area contributed by atoms with E-state index in [4.69, 9.17) is 21.4 Å². The lowest BCUT2D eigenvalue weighted by atomic mass is 10.3. The van der Waals surface area contributed by atoms with E-state index in [1.807, 2.05) is 6.92 Å². The number of rotatable bonds is 4. The predicted octanol–water partition coefficient (Wildman–Crippen LogP) is 2.24. The van der Waals surface area contributed by atoms with Gasteiger partial charge in [0, 0.05) is 24.4 Å². The van der Waals surface area contributed by atoms with E-state index in [0.29, 0.717) is 22.2 Å². The lowest BCUT2D eigenvalue weighted by Crippen LogP contribution is -1.93. The van der Waals surface area contributed by atoms with E-state index in [1.54, 1.807) is 23.1 Å². The molecule has 17 heavy (non-hydrogen) atoms. The molecule has 0 radical (unpaired) electrons. The first kappa shape index (κ1) is 11.9. The Morgan fingerprint density at radius 1 is 1.47 bits per heavy atom. The van der Waals surface area contributed by atoms with Gasteiger partial charge in [0.15, 0.2) is 5.75 Å². The van der Waals surface area contributed by atoms with Crippen molar-refractivity contribution in [2.45, 2.75) is 20.1 Å². The maximum atomic E-state index is 9.07. The maximum absolute atomic E-state index is 9.07. The van der Waals surface area contributed by atoms with Crippen LogP contribution < -0.4 is 4.74 Å². The zero-order valence-corrected chi connectivity index (χ0v) is 10.1. The highest BCUT2D eigenvalue weighted by molar-refractivity contribution is 6.31. The minimum Gasteiger partial charge on any atom is -0.436 e. The summed E-state index contributed by atoms with van der Waals surface area (Å²) in [5, 5.41) is 13.6. The lowest BCUT2D eigenvalue weighted by Gasteiger charge is -2.04. The fourth-order valence-corrected chi connectivity index (χ4v) is 1.49. The molecular weight excluding hydrogens is 242 g/mol. The molecule has 1 N–H and O–H groups in total. The van der Waals surface area contributed by atoms with Crippen molar-refractivity contribution in [1.82, 2.24) is 14.8 Å². The molecule has 0 atom stereocenters. The van der Waals surface area contributed by atoms with Crippen molar-refractivity contribution >= 4 is 11.6 Å². The number of halogens is 1. The van der Waals surface area contributed by atoms with Crippen LogP contribution in [0, 0.1) is 0 Å². The molecule has 0 aliphatic heterocycles. The molecule has 0 spiro atoms. The maximum Gasteiger partial charge on any atom is 0.219 e. The molecule has 90 valence electrons. The second-order valence-corrected chi connectivity index (χ2v) is 3.81. The lowest BCUT2D eigenvalue weighted by molar-refractivity contribution is 0.281. The summed E-state index contributed by atoms with van der Waals surface area (Å²) < 4.78 is 7.24. The Hall–Kier alpha value is -1.59. The van der Waals surface area contributed by atoms with Crippen LogP contribution in [0.3, 0.4) is 0 Å². The molecule has 0 bridgehead atoms. The molecule has 2 heterocycles. The van der Waals surface area contributed by atoms with Crippen LogP contribution in [0.1, 0.15) is 12.5 Å². The standard InChI is InChI=1S/C11H12ClN3O2/c1-2-15-6-9(4-14-15)17-11-3-8(7-16)10(12)5-13-11/h3-6,16H,2,7H2,1H3. The third-order valence-electron chi connectivity index (χ3n) is 2.24. The normalized spacial score (nSPS) is 10.5. The molecule has 0 fully saturated rings. The summed E-state index contributed by atoms with van der Waals surface area (Å²) in [5.74, 6) is 0.986. The van der Waals surface area contributed by atoms with Gasteiger partial charge in [0.25, 0.3) is 0 Å². The van der Waals surface area contributed by atoms with Crippen LogP contribution in [-0.4, -0.2) is 19.9 Å². The molecule has 2 aromatic rings. The summed E-state index contributed by atoms with van der Waals surface area (Å²) in [7, 11) is 0. The Kier molecular flexibility index (Phi) is 3.61. The second-order valence-electron chi connectivity index (χ2n) is 3.41. The molecule has 0 amide bonds. The van der Waals surface area contributed by atoms with Crippen LogP contribution in [0.15, 0.2) is 24.7 Å². The highest BCUT2D eigenvalue weighted by Crippen LogP contribution is 2.23. The van der Waals surface area contributed by atoms with Crippen molar-refractivity contribution < 1.29 is 9.84 Å². The zero-order valence-electron chi connectivity index (χ0n) is 9.30. The van der Waals surface area contributed by atoms with Crippen molar-refractivity contribution in [2.75, 3.05) is 0 Å². The van der Waals surface area contributed by atoms with Gasteiger partial charge < -0.3 is 9.84 Å². The molecule has 2 rings (SSSR count). The SMILES string of the molecule is CCn1cc(Oc2cc(CO)c(Cl)cn2)cn1. The molecular formula is C11H12ClN3O2. The molecule has 6 heteroatoms. The van der Waals surface area contributed by atoms with Gasteiger partial charge in [-0.15, -0.1) is 0 Å². The molecule has 0 aromatic carbocycles. The van der Waals surface area contributed by atoms with E-state index in [2.05, 4.69) is 10.1 Å². The van der Waals surface area contributed by atoms with Crippen LogP contribution in [0.2, 0.25) is 5.02 Å². The van der Waals surface area contributed by atoms with E-state index in [-0.39, 0.29) is 6.61 Å². The molecule has 0 aliphatic carbocycles. The van der Waals surface area contributed by atoms with Crippen LogP contribution >= 0.6 is 11.6 Å². The van der Waals surface area contributed by atoms with Gasteiger partial charge in [-0.25, -0.2) is 4.98 Å². The van der Waals surface area contributed by atoms with Gasteiger partial charge in [0.1, 0.15) is 0 Å². The first-order chi connectivity index (χ1) is 8.22.